The predicted octanol–water partition coefficient (Wildman–Crippen LogP) is 5.99. The van der Waals surface area contributed by atoms with Gasteiger partial charge in [0.15, 0.2) is 10.8 Å². The standard InChI is InChI=1S/C29H23F4N5O4S/c1-41-28-37-36-25(43-28)12-42-26-18(31)3-5-21(35-26)17-11-19(32)16(8-20(17)33)10-24-34-22-4-2-15(27(39)40)9-23(22)38(24)14-29(13-30)6-7-29/h2-5,8-9,11H,6-7,10,12-14H2,1H3,(H,39,40). The van der Waals surface area contributed by atoms with Crippen molar-refractivity contribution in [3.63, 3.8) is 0 Å². The van der Waals surface area contributed by atoms with Crippen LogP contribution in [0.15, 0.2) is 42.5 Å². The lowest BCUT2D eigenvalue weighted by Gasteiger charge is -2.16. The lowest BCUT2D eigenvalue weighted by atomic mass is 10.0. The predicted molar refractivity (Wildman–Crippen MR) is 147 cm³/mol. The summed E-state index contributed by atoms with van der Waals surface area (Å²) in [7, 11) is 1.43. The van der Waals surface area contributed by atoms with E-state index in [4.69, 9.17) is 9.47 Å². The number of aromatic nitrogens is 5. The van der Waals surface area contributed by atoms with Crippen molar-refractivity contribution in [2.24, 2.45) is 5.41 Å². The van der Waals surface area contributed by atoms with Gasteiger partial charge in [0.25, 0.3) is 11.1 Å². The Kier molecular flexibility index (Phi) is 7.46. The molecule has 0 atom stereocenters. The molecule has 1 fully saturated rings. The Hall–Kier alpha value is -4.59. The van der Waals surface area contributed by atoms with E-state index in [1.54, 1.807) is 4.57 Å². The molecule has 3 heterocycles. The highest BCUT2D eigenvalue weighted by Crippen LogP contribution is 2.48. The second kappa shape index (κ2) is 11.2. The Labute approximate surface area is 245 Å². The topological polar surface area (TPSA) is 112 Å². The number of rotatable bonds is 11. The van der Waals surface area contributed by atoms with Gasteiger partial charge in [0.1, 0.15) is 24.1 Å². The summed E-state index contributed by atoms with van der Waals surface area (Å²) >= 11 is 1.10. The molecule has 5 aromatic rings. The van der Waals surface area contributed by atoms with Gasteiger partial charge in [0.05, 0.1) is 36.1 Å². The van der Waals surface area contributed by atoms with Gasteiger partial charge in [-0.05, 0) is 60.9 Å². The van der Waals surface area contributed by atoms with Crippen molar-refractivity contribution in [1.82, 2.24) is 24.7 Å². The molecule has 0 unspecified atom stereocenters. The number of nitrogens with zero attached hydrogens (tertiary/aromatic N) is 5. The monoisotopic (exact) mass is 613 g/mol. The summed E-state index contributed by atoms with van der Waals surface area (Å²) < 4.78 is 71.2. The molecule has 1 saturated carbocycles. The van der Waals surface area contributed by atoms with Gasteiger partial charge in [-0.3, -0.25) is 4.39 Å². The van der Waals surface area contributed by atoms with E-state index < -0.39 is 41.4 Å². The molecule has 3 aromatic heterocycles. The molecule has 0 radical (unpaired) electrons. The van der Waals surface area contributed by atoms with Crippen molar-refractivity contribution in [3.05, 3.63) is 81.9 Å². The SMILES string of the molecule is COc1nnc(COc2nc(-c3cc(F)c(Cc4nc5ccc(C(=O)O)cc5n4CC4(CF)CC4)cc3F)ccc2F)s1. The lowest BCUT2D eigenvalue weighted by Crippen LogP contribution is -2.16. The molecule has 222 valence electrons. The van der Waals surface area contributed by atoms with Crippen LogP contribution in [0.4, 0.5) is 17.6 Å². The molecule has 0 aliphatic heterocycles. The van der Waals surface area contributed by atoms with Gasteiger partial charge in [0, 0.05) is 23.9 Å². The zero-order valence-electron chi connectivity index (χ0n) is 22.6. The van der Waals surface area contributed by atoms with Gasteiger partial charge in [-0.25, -0.2) is 27.9 Å². The number of carbonyl (C=O) groups is 1. The van der Waals surface area contributed by atoms with Crippen molar-refractivity contribution in [1.29, 1.82) is 0 Å². The number of hydrogen-bond donors (Lipinski definition) is 1. The molecule has 6 rings (SSSR count). The first kappa shape index (κ1) is 28.5. The maximum absolute atomic E-state index is 15.5. The van der Waals surface area contributed by atoms with Crippen LogP contribution < -0.4 is 9.47 Å². The minimum absolute atomic E-state index is 0.0230. The van der Waals surface area contributed by atoms with E-state index in [2.05, 4.69) is 20.2 Å². The number of alkyl halides is 1. The number of pyridine rings is 1. The molecule has 0 saturated heterocycles. The second-order valence-electron chi connectivity index (χ2n) is 10.3. The molecule has 0 amide bonds. The highest BCUT2D eigenvalue weighted by atomic mass is 32.1. The summed E-state index contributed by atoms with van der Waals surface area (Å²) in [4.78, 5) is 20.2. The molecule has 2 aromatic carbocycles. The van der Waals surface area contributed by atoms with Crippen molar-refractivity contribution in [3.8, 4) is 22.3 Å². The number of halogens is 4. The quantitative estimate of drug-likeness (QED) is 0.181. The van der Waals surface area contributed by atoms with Crippen molar-refractivity contribution in [2.45, 2.75) is 32.4 Å². The highest BCUT2D eigenvalue weighted by molar-refractivity contribution is 7.13. The Balaban J connectivity index is 1.30. The zero-order valence-corrected chi connectivity index (χ0v) is 23.4. The fourth-order valence-corrected chi connectivity index (χ4v) is 5.30. The Morgan fingerprint density at radius 3 is 2.56 bits per heavy atom. The first-order chi connectivity index (χ1) is 20.7. The molecule has 1 aliphatic rings. The fraction of sp³-hybridized carbons (Fsp3) is 0.276. The maximum atomic E-state index is 15.5. The van der Waals surface area contributed by atoms with Gasteiger partial charge in [-0.15, -0.1) is 5.10 Å². The van der Waals surface area contributed by atoms with E-state index in [-0.39, 0.29) is 42.0 Å². The molecule has 0 spiro atoms. The van der Waals surface area contributed by atoms with Crippen molar-refractivity contribution in [2.75, 3.05) is 13.8 Å². The van der Waals surface area contributed by atoms with Crippen LogP contribution in [0.5, 0.6) is 11.1 Å². The summed E-state index contributed by atoms with van der Waals surface area (Å²) in [6.45, 7) is -0.497. The lowest BCUT2D eigenvalue weighted by molar-refractivity contribution is 0.0697. The van der Waals surface area contributed by atoms with Gasteiger partial charge < -0.3 is 19.1 Å². The van der Waals surface area contributed by atoms with Crippen LogP contribution in [0.25, 0.3) is 22.3 Å². The van der Waals surface area contributed by atoms with Gasteiger partial charge in [0.2, 0.25) is 0 Å². The smallest absolute Gasteiger partial charge is 0.335 e. The summed E-state index contributed by atoms with van der Waals surface area (Å²) in [5.74, 6) is -3.59. The third kappa shape index (κ3) is 5.74. The number of methoxy groups -OCH3 is 1. The van der Waals surface area contributed by atoms with Crippen LogP contribution in [0.3, 0.4) is 0 Å². The maximum Gasteiger partial charge on any atom is 0.335 e. The normalized spacial score (nSPS) is 13.8. The van der Waals surface area contributed by atoms with Gasteiger partial charge in [-0.1, -0.05) is 16.4 Å². The summed E-state index contributed by atoms with van der Waals surface area (Å²) in [5.41, 5.74) is 0.0873. The van der Waals surface area contributed by atoms with Crippen LogP contribution in [-0.2, 0) is 19.6 Å². The van der Waals surface area contributed by atoms with Crippen LogP contribution in [-0.4, -0.2) is 49.6 Å². The van der Waals surface area contributed by atoms with E-state index in [0.717, 1.165) is 29.5 Å². The van der Waals surface area contributed by atoms with E-state index in [1.165, 1.54) is 31.4 Å². The number of ether oxygens (including phenoxy) is 2. The third-order valence-corrected chi connectivity index (χ3v) is 8.20. The highest BCUT2D eigenvalue weighted by Gasteiger charge is 2.44. The summed E-state index contributed by atoms with van der Waals surface area (Å²) in [5, 5.41) is 17.8. The third-order valence-electron chi connectivity index (χ3n) is 7.34. The molecule has 14 heteroatoms. The average Bonchev–Trinajstić information content (AvgIpc) is 3.49. The van der Waals surface area contributed by atoms with Crippen LogP contribution in [0.1, 0.15) is 39.6 Å². The van der Waals surface area contributed by atoms with E-state index in [1.807, 2.05) is 0 Å². The molecule has 9 nitrogen and oxygen atoms in total. The Morgan fingerprint density at radius 1 is 1.05 bits per heavy atom. The summed E-state index contributed by atoms with van der Waals surface area (Å²) in [6.07, 6.45) is 1.17. The molecule has 0 bridgehead atoms. The minimum Gasteiger partial charge on any atom is -0.478 e. The van der Waals surface area contributed by atoms with E-state index in [9.17, 15) is 18.7 Å². The average molecular weight is 614 g/mol. The Morgan fingerprint density at radius 2 is 1.86 bits per heavy atom. The van der Waals surface area contributed by atoms with E-state index >= 15 is 8.78 Å². The van der Waals surface area contributed by atoms with Gasteiger partial charge >= 0.3 is 5.97 Å². The minimum atomic E-state index is -1.13. The Bertz CT molecular complexity index is 1860. The zero-order chi connectivity index (χ0) is 30.3. The number of carboxylic acid groups (broad SMARTS) is 1. The number of carboxylic acids is 1. The summed E-state index contributed by atoms with van der Waals surface area (Å²) in [6, 6.07) is 8.61. The first-order valence-corrected chi connectivity index (χ1v) is 13.9. The molecule has 1 aliphatic carbocycles. The van der Waals surface area contributed by atoms with Crippen molar-refractivity contribution >= 4 is 28.3 Å². The number of aromatic carboxylic acids is 1. The molecular weight excluding hydrogens is 590 g/mol. The number of fused-ring (bicyclic) bond motifs is 1. The van der Waals surface area contributed by atoms with Crippen LogP contribution in [0, 0.1) is 22.9 Å². The number of imidazole rings is 1. The molecule has 43 heavy (non-hydrogen) atoms. The second-order valence-corrected chi connectivity index (χ2v) is 11.3. The number of benzene rings is 2. The fourth-order valence-electron chi connectivity index (χ4n) is 4.74. The van der Waals surface area contributed by atoms with Gasteiger partial charge in [-0.2, -0.15) is 0 Å². The largest absolute Gasteiger partial charge is 0.478 e. The van der Waals surface area contributed by atoms with Crippen LogP contribution >= 0.6 is 11.3 Å². The first-order valence-electron chi connectivity index (χ1n) is 13.1. The number of hydrogen-bond acceptors (Lipinski definition) is 8. The van der Waals surface area contributed by atoms with Crippen LogP contribution in [0.2, 0.25) is 0 Å². The van der Waals surface area contributed by atoms with E-state index in [0.29, 0.717) is 39.9 Å². The van der Waals surface area contributed by atoms with Crippen molar-refractivity contribution < 1.29 is 36.9 Å². The molecule has 1 N–H and O–H groups in total. The molecular formula is C29H23F4N5O4S.